The van der Waals surface area contributed by atoms with Crippen LogP contribution in [0.15, 0.2) is 22.7 Å². The van der Waals surface area contributed by atoms with Gasteiger partial charge in [0.25, 0.3) is 5.91 Å². The molecule has 0 unspecified atom stereocenters. The molecule has 0 aliphatic carbocycles. The maximum atomic E-state index is 12.5. The predicted octanol–water partition coefficient (Wildman–Crippen LogP) is 3.99. The first-order valence-electron chi connectivity index (χ1n) is 7.00. The van der Waals surface area contributed by atoms with Crippen LogP contribution in [0.3, 0.4) is 0 Å². The van der Waals surface area contributed by atoms with Crippen molar-refractivity contribution in [3.05, 3.63) is 33.3 Å². The Bertz CT molecular complexity index is 477. The van der Waals surface area contributed by atoms with Crippen LogP contribution in [-0.2, 0) is 0 Å². The van der Waals surface area contributed by atoms with Crippen molar-refractivity contribution in [1.29, 1.82) is 0 Å². The number of carbonyl (C=O) groups is 1. The Balaban J connectivity index is 0.00000220. The molecule has 6 heteroatoms. The summed E-state index contributed by atoms with van der Waals surface area (Å²) in [4.78, 5) is 14.4. The maximum absolute atomic E-state index is 12.5. The summed E-state index contributed by atoms with van der Waals surface area (Å²) >= 11 is 9.52. The molecule has 21 heavy (non-hydrogen) atoms. The average Bonchev–Trinajstić information content (AvgIpc) is 2.47. The van der Waals surface area contributed by atoms with Crippen LogP contribution < -0.4 is 5.32 Å². The third kappa shape index (κ3) is 5.13. The monoisotopic (exact) mass is 394 g/mol. The fraction of sp³-hybridized carbons (Fsp3) is 0.533. The Morgan fingerprint density at radius 2 is 2.10 bits per heavy atom. The minimum atomic E-state index is 0. The quantitative estimate of drug-likeness (QED) is 0.835. The number of amides is 1. The van der Waals surface area contributed by atoms with Crippen LogP contribution in [-0.4, -0.2) is 37.5 Å². The van der Waals surface area contributed by atoms with Gasteiger partial charge in [-0.1, -0.05) is 27.5 Å². The molecule has 1 amide bonds. The lowest BCUT2D eigenvalue weighted by molar-refractivity contribution is 0.0687. The van der Waals surface area contributed by atoms with Gasteiger partial charge >= 0.3 is 0 Å². The molecular formula is C15H21BrCl2N2O. The zero-order valence-corrected chi connectivity index (χ0v) is 15.2. The van der Waals surface area contributed by atoms with Crippen LogP contribution in [0.4, 0.5) is 0 Å². The second-order valence-corrected chi connectivity index (χ2v) is 6.57. The maximum Gasteiger partial charge on any atom is 0.255 e. The number of halogens is 3. The van der Waals surface area contributed by atoms with E-state index in [9.17, 15) is 4.79 Å². The van der Waals surface area contributed by atoms with Crippen molar-refractivity contribution in [3.8, 4) is 0 Å². The second kappa shape index (κ2) is 8.99. The number of nitrogens with one attached hydrogen (secondary N) is 1. The van der Waals surface area contributed by atoms with Crippen LogP contribution >= 0.6 is 39.9 Å². The van der Waals surface area contributed by atoms with Crippen molar-refractivity contribution < 1.29 is 4.79 Å². The molecule has 0 atom stereocenters. The van der Waals surface area contributed by atoms with Gasteiger partial charge in [-0.25, -0.2) is 0 Å². The first-order chi connectivity index (χ1) is 9.61. The van der Waals surface area contributed by atoms with E-state index in [1.165, 1.54) is 6.42 Å². The molecule has 0 saturated carbocycles. The van der Waals surface area contributed by atoms with E-state index in [0.29, 0.717) is 10.6 Å². The summed E-state index contributed by atoms with van der Waals surface area (Å²) < 4.78 is 0.883. The molecule has 2 rings (SSSR count). The van der Waals surface area contributed by atoms with E-state index >= 15 is 0 Å². The lowest BCUT2D eigenvalue weighted by Crippen LogP contribution is -2.39. The zero-order chi connectivity index (χ0) is 14.5. The number of likely N-dealkylation sites (tertiary alicyclic amines) is 1. The third-order valence-corrected chi connectivity index (χ3v) is 4.69. The van der Waals surface area contributed by atoms with Crippen molar-refractivity contribution >= 4 is 45.8 Å². The Morgan fingerprint density at radius 1 is 1.43 bits per heavy atom. The normalized spacial score (nSPS) is 15.7. The predicted molar refractivity (Wildman–Crippen MR) is 93.6 cm³/mol. The molecule has 1 N–H and O–H groups in total. The number of carbonyl (C=O) groups excluding carboxylic acids is 1. The largest absolute Gasteiger partial charge is 0.339 e. The molecule has 1 saturated heterocycles. The van der Waals surface area contributed by atoms with Gasteiger partial charge in [-0.05, 0) is 57.0 Å². The second-order valence-electron chi connectivity index (χ2n) is 5.25. The van der Waals surface area contributed by atoms with Crippen molar-refractivity contribution in [2.45, 2.75) is 19.3 Å². The molecule has 0 aromatic heterocycles. The molecule has 0 bridgehead atoms. The molecule has 1 fully saturated rings. The Morgan fingerprint density at radius 3 is 2.71 bits per heavy atom. The van der Waals surface area contributed by atoms with Crippen molar-refractivity contribution in [2.75, 3.05) is 26.7 Å². The fourth-order valence-corrected chi connectivity index (χ4v) is 3.16. The molecule has 0 spiro atoms. The van der Waals surface area contributed by atoms with Crippen LogP contribution in [0.1, 0.15) is 29.6 Å². The van der Waals surface area contributed by atoms with Crippen LogP contribution in [0.25, 0.3) is 0 Å². The SMILES string of the molecule is CNCCC1CCN(C(=O)c2cc(Br)ccc2Cl)CC1.Cl. The summed E-state index contributed by atoms with van der Waals surface area (Å²) in [5.74, 6) is 0.771. The smallest absolute Gasteiger partial charge is 0.255 e. The number of piperidine rings is 1. The first kappa shape index (κ1) is 18.8. The first-order valence-corrected chi connectivity index (χ1v) is 8.18. The standard InChI is InChI=1S/C15H20BrClN2O.ClH/c1-18-7-4-11-5-8-19(9-6-11)15(20)13-10-12(16)2-3-14(13)17;/h2-3,10-11,18H,4-9H2,1H3;1H. The summed E-state index contributed by atoms with van der Waals surface area (Å²) in [6.45, 7) is 2.71. The van der Waals surface area contributed by atoms with Crippen molar-refractivity contribution in [3.63, 3.8) is 0 Å². The van der Waals surface area contributed by atoms with Gasteiger partial charge in [0.15, 0.2) is 0 Å². The van der Waals surface area contributed by atoms with E-state index in [1.807, 2.05) is 18.0 Å². The molecule has 118 valence electrons. The van der Waals surface area contributed by atoms with Crippen LogP contribution in [0.5, 0.6) is 0 Å². The number of benzene rings is 1. The topological polar surface area (TPSA) is 32.3 Å². The zero-order valence-electron chi connectivity index (χ0n) is 12.1. The third-order valence-electron chi connectivity index (χ3n) is 3.86. The van der Waals surface area contributed by atoms with Gasteiger partial charge in [-0.15, -0.1) is 12.4 Å². The van der Waals surface area contributed by atoms with Crippen molar-refractivity contribution in [2.24, 2.45) is 5.92 Å². The molecule has 1 aromatic carbocycles. The van der Waals surface area contributed by atoms with E-state index < -0.39 is 0 Å². The highest BCUT2D eigenvalue weighted by atomic mass is 79.9. The molecule has 1 heterocycles. The summed E-state index contributed by atoms with van der Waals surface area (Å²) in [6, 6.07) is 5.42. The van der Waals surface area contributed by atoms with Gasteiger partial charge in [0, 0.05) is 17.6 Å². The van der Waals surface area contributed by atoms with Crippen molar-refractivity contribution in [1.82, 2.24) is 10.2 Å². The average molecular weight is 396 g/mol. The van der Waals surface area contributed by atoms with E-state index in [-0.39, 0.29) is 18.3 Å². The fourth-order valence-electron chi connectivity index (χ4n) is 2.60. The van der Waals surface area contributed by atoms with Gasteiger partial charge in [-0.2, -0.15) is 0 Å². The summed E-state index contributed by atoms with van der Waals surface area (Å²) in [5, 5.41) is 3.71. The highest BCUT2D eigenvalue weighted by Crippen LogP contribution is 2.26. The molecule has 0 radical (unpaired) electrons. The molecule has 1 aromatic rings. The van der Waals surface area contributed by atoms with E-state index in [0.717, 1.165) is 42.9 Å². The number of hydrogen-bond acceptors (Lipinski definition) is 2. The Hall–Kier alpha value is -0.290. The van der Waals surface area contributed by atoms with E-state index in [4.69, 9.17) is 11.6 Å². The molecule has 1 aliphatic rings. The van der Waals surface area contributed by atoms with E-state index in [2.05, 4.69) is 21.2 Å². The molecular weight excluding hydrogens is 375 g/mol. The lowest BCUT2D eigenvalue weighted by Gasteiger charge is -2.32. The number of hydrogen-bond donors (Lipinski definition) is 1. The number of rotatable bonds is 4. The highest BCUT2D eigenvalue weighted by molar-refractivity contribution is 9.10. The van der Waals surface area contributed by atoms with Gasteiger partial charge < -0.3 is 10.2 Å². The minimum Gasteiger partial charge on any atom is -0.339 e. The van der Waals surface area contributed by atoms with Crippen LogP contribution in [0.2, 0.25) is 5.02 Å². The summed E-state index contributed by atoms with van der Waals surface area (Å²) in [7, 11) is 1.98. The minimum absolute atomic E-state index is 0. The summed E-state index contributed by atoms with van der Waals surface area (Å²) in [6.07, 6.45) is 3.36. The Kier molecular flexibility index (Phi) is 8.03. The van der Waals surface area contributed by atoms with Gasteiger partial charge in [0.2, 0.25) is 0 Å². The van der Waals surface area contributed by atoms with Gasteiger partial charge in [0.05, 0.1) is 10.6 Å². The van der Waals surface area contributed by atoms with Gasteiger partial charge in [0.1, 0.15) is 0 Å². The highest BCUT2D eigenvalue weighted by Gasteiger charge is 2.24. The lowest BCUT2D eigenvalue weighted by atomic mass is 9.93. The number of nitrogens with zero attached hydrogens (tertiary/aromatic N) is 1. The molecule has 3 nitrogen and oxygen atoms in total. The van der Waals surface area contributed by atoms with Crippen LogP contribution in [0, 0.1) is 5.92 Å². The molecule has 1 aliphatic heterocycles. The Labute approximate surface area is 146 Å². The van der Waals surface area contributed by atoms with E-state index in [1.54, 1.807) is 12.1 Å². The summed E-state index contributed by atoms with van der Waals surface area (Å²) in [5.41, 5.74) is 0.592. The van der Waals surface area contributed by atoms with Gasteiger partial charge in [-0.3, -0.25) is 4.79 Å².